The van der Waals surface area contributed by atoms with Gasteiger partial charge in [-0.25, -0.2) is 0 Å². The molecule has 186 valence electrons. The van der Waals surface area contributed by atoms with Crippen LogP contribution in [0.15, 0.2) is 72.3 Å². The summed E-state index contributed by atoms with van der Waals surface area (Å²) in [5, 5.41) is 11.3. The summed E-state index contributed by atoms with van der Waals surface area (Å²) in [5.41, 5.74) is 0.474. The van der Waals surface area contributed by atoms with Crippen molar-refractivity contribution < 1.29 is 37.3 Å². The average Bonchev–Trinajstić information content (AvgIpc) is 3.13. The Morgan fingerprint density at radius 3 is 2.14 bits per heavy atom. The molecule has 0 aromatic heterocycles. The number of carbonyl (C=O) groups is 2. The van der Waals surface area contributed by atoms with Gasteiger partial charge in [0.05, 0.1) is 31.4 Å². The average molecular weight is 497 g/mol. The van der Waals surface area contributed by atoms with E-state index in [1.807, 2.05) is 0 Å². The Hall–Kier alpha value is -4.27. The van der Waals surface area contributed by atoms with Gasteiger partial charge in [0, 0.05) is 11.3 Å². The van der Waals surface area contributed by atoms with Crippen molar-refractivity contribution in [2.24, 2.45) is 0 Å². The van der Waals surface area contributed by atoms with Gasteiger partial charge in [-0.15, -0.1) is 0 Å². The number of benzene rings is 3. The molecule has 1 amide bonds. The lowest BCUT2D eigenvalue weighted by Crippen LogP contribution is -2.29. The predicted molar refractivity (Wildman–Crippen MR) is 127 cm³/mol. The second kappa shape index (κ2) is 9.41. The van der Waals surface area contributed by atoms with Crippen LogP contribution in [0.25, 0.3) is 5.76 Å². The normalized spacial score (nSPS) is 17.4. The zero-order chi connectivity index (χ0) is 26.2. The zero-order valence-corrected chi connectivity index (χ0v) is 19.6. The number of hydrogen-bond acceptors (Lipinski definition) is 5. The number of aliphatic hydroxyl groups is 1. The maximum absolute atomic E-state index is 13.3. The van der Waals surface area contributed by atoms with Crippen LogP contribution in [0.3, 0.4) is 0 Å². The van der Waals surface area contributed by atoms with Crippen LogP contribution in [-0.2, 0) is 15.8 Å². The number of Topliss-reactive ketones (excluding diaryl/α,β-unsaturated/α-hetero) is 1. The van der Waals surface area contributed by atoms with Gasteiger partial charge in [0.2, 0.25) is 0 Å². The van der Waals surface area contributed by atoms with E-state index in [2.05, 4.69) is 0 Å². The summed E-state index contributed by atoms with van der Waals surface area (Å²) in [6, 6.07) is 14.4. The number of ether oxygens (including phenoxy) is 2. The number of halogens is 3. The van der Waals surface area contributed by atoms with E-state index in [0.29, 0.717) is 17.1 Å². The molecule has 1 unspecified atom stereocenters. The number of aliphatic hydroxyl groups excluding tert-OH is 1. The second-order valence-corrected chi connectivity index (χ2v) is 8.14. The van der Waals surface area contributed by atoms with E-state index in [1.165, 1.54) is 26.4 Å². The molecule has 0 aliphatic carbocycles. The summed E-state index contributed by atoms with van der Waals surface area (Å²) < 4.78 is 49.8. The van der Waals surface area contributed by atoms with Gasteiger partial charge in [-0.05, 0) is 60.5 Å². The van der Waals surface area contributed by atoms with Crippen molar-refractivity contribution >= 4 is 23.1 Å². The molecule has 1 aliphatic rings. The van der Waals surface area contributed by atoms with Crippen LogP contribution in [0, 0.1) is 6.92 Å². The van der Waals surface area contributed by atoms with Crippen molar-refractivity contribution in [1.29, 1.82) is 0 Å². The number of ketones is 1. The molecule has 1 fully saturated rings. The molecule has 0 saturated carbocycles. The van der Waals surface area contributed by atoms with E-state index in [-0.39, 0.29) is 16.8 Å². The van der Waals surface area contributed by atoms with Crippen molar-refractivity contribution in [3.05, 3.63) is 94.6 Å². The molecule has 4 rings (SSSR count). The summed E-state index contributed by atoms with van der Waals surface area (Å²) in [4.78, 5) is 27.6. The number of anilines is 1. The van der Waals surface area contributed by atoms with Gasteiger partial charge in [-0.1, -0.05) is 24.3 Å². The summed E-state index contributed by atoms with van der Waals surface area (Å²) in [7, 11) is 2.86. The van der Waals surface area contributed by atoms with Crippen LogP contribution in [-0.4, -0.2) is 31.0 Å². The topological polar surface area (TPSA) is 76.1 Å². The Morgan fingerprint density at radius 2 is 1.56 bits per heavy atom. The lowest BCUT2D eigenvalue weighted by molar-refractivity contribution is -0.137. The smallest absolute Gasteiger partial charge is 0.416 e. The molecule has 1 saturated heterocycles. The molecule has 1 heterocycles. The lowest BCUT2D eigenvalue weighted by Gasteiger charge is -2.27. The fourth-order valence-corrected chi connectivity index (χ4v) is 4.24. The third-order valence-electron chi connectivity index (χ3n) is 6.06. The van der Waals surface area contributed by atoms with Gasteiger partial charge in [0.25, 0.3) is 11.7 Å². The fraction of sp³-hybridized carbons (Fsp3) is 0.185. The summed E-state index contributed by atoms with van der Waals surface area (Å²) in [6.45, 7) is 1.78. The van der Waals surface area contributed by atoms with Crippen LogP contribution >= 0.6 is 0 Å². The Bertz CT molecular complexity index is 1360. The van der Waals surface area contributed by atoms with Gasteiger partial charge >= 0.3 is 6.18 Å². The number of carbonyl (C=O) groups excluding carboxylic acids is 2. The van der Waals surface area contributed by atoms with Gasteiger partial charge in [0.1, 0.15) is 5.76 Å². The number of nitrogens with zero attached hydrogens (tertiary/aromatic N) is 1. The van der Waals surface area contributed by atoms with Crippen LogP contribution < -0.4 is 14.4 Å². The first-order valence-corrected chi connectivity index (χ1v) is 10.8. The Kier molecular flexibility index (Phi) is 6.49. The number of methoxy groups -OCH3 is 2. The van der Waals surface area contributed by atoms with Gasteiger partial charge in [-0.3, -0.25) is 14.5 Å². The Balaban J connectivity index is 1.93. The maximum Gasteiger partial charge on any atom is 0.416 e. The van der Waals surface area contributed by atoms with E-state index in [0.717, 1.165) is 34.7 Å². The summed E-state index contributed by atoms with van der Waals surface area (Å²) >= 11 is 0. The maximum atomic E-state index is 13.3. The highest BCUT2D eigenvalue weighted by molar-refractivity contribution is 6.51. The minimum absolute atomic E-state index is 0.0877. The van der Waals surface area contributed by atoms with E-state index in [4.69, 9.17) is 9.47 Å². The highest BCUT2D eigenvalue weighted by Crippen LogP contribution is 2.44. The molecule has 6 nitrogen and oxygen atoms in total. The highest BCUT2D eigenvalue weighted by Gasteiger charge is 2.47. The van der Waals surface area contributed by atoms with Crippen molar-refractivity contribution in [3.63, 3.8) is 0 Å². The van der Waals surface area contributed by atoms with Crippen molar-refractivity contribution in [1.82, 2.24) is 0 Å². The fourth-order valence-electron chi connectivity index (χ4n) is 4.24. The zero-order valence-electron chi connectivity index (χ0n) is 19.6. The standard InChI is InChI=1S/C27H22F3NO5/c1-15-6-4-5-7-19(15)23-22(24(32)16-8-13-20(35-2)21(14-16)36-3)25(33)26(34)31(23)18-11-9-17(10-12-18)27(28,29)30/h4-14,23,32H,1-3H3/b24-22+. The third-order valence-corrected chi connectivity index (χ3v) is 6.06. The highest BCUT2D eigenvalue weighted by atomic mass is 19.4. The Labute approximate surface area is 205 Å². The minimum Gasteiger partial charge on any atom is -0.507 e. The molecule has 1 N–H and O–H groups in total. The van der Waals surface area contributed by atoms with E-state index in [9.17, 15) is 27.9 Å². The molecule has 1 aliphatic heterocycles. The molecule has 3 aromatic rings. The first kappa shape index (κ1) is 24.8. The molecule has 3 aromatic carbocycles. The molecular weight excluding hydrogens is 475 g/mol. The monoisotopic (exact) mass is 497 g/mol. The number of alkyl halides is 3. The van der Waals surface area contributed by atoms with E-state index < -0.39 is 35.2 Å². The number of aryl methyl sites for hydroxylation is 1. The van der Waals surface area contributed by atoms with Crippen molar-refractivity contribution in [2.45, 2.75) is 19.1 Å². The second-order valence-electron chi connectivity index (χ2n) is 8.14. The van der Waals surface area contributed by atoms with Gasteiger partial charge in [0.15, 0.2) is 11.5 Å². The molecule has 36 heavy (non-hydrogen) atoms. The number of amides is 1. The van der Waals surface area contributed by atoms with Gasteiger partial charge < -0.3 is 14.6 Å². The Morgan fingerprint density at radius 1 is 0.917 bits per heavy atom. The molecule has 0 bridgehead atoms. The lowest BCUT2D eigenvalue weighted by atomic mass is 9.92. The third kappa shape index (κ3) is 4.28. The van der Waals surface area contributed by atoms with Crippen LogP contribution in [0.4, 0.5) is 18.9 Å². The first-order valence-electron chi connectivity index (χ1n) is 10.8. The van der Waals surface area contributed by atoms with Gasteiger partial charge in [-0.2, -0.15) is 13.2 Å². The van der Waals surface area contributed by atoms with Crippen LogP contribution in [0.5, 0.6) is 11.5 Å². The van der Waals surface area contributed by atoms with Crippen LogP contribution in [0.1, 0.15) is 28.3 Å². The molecule has 0 spiro atoms. The molecular formula is C27H22F3NO5. The number of rotatable bonds is 5. The quantitative estimate of drug-likeness (QED) is 0.280. The minimum atomic E-state index is -4.56. The molecule has 1 atom stereocenters. The summed E-state index contributed by atoms with van der Waals surface area (Å²) in [6.07, 6.45) is -4.56. The predicted octanol–water partition coefficient (Wildman–Crippen LogP) is 5.66. The van der Waals surface area contributed by atoms with E-state index >= 15 is 0 Å². The number of hydrogen-bond donors (Lipinski definition) is 1. The van der Waals surface area contributed by atoms with E-state index in [1.54, 1.807) is 37.3 Å². The summed E-state index contributed by atoms with van der Waals surface area (Å²) in [5.74, 6) is -1.68. The SMILES string of the molecule is COc1ccc(/C(O)=C2\C(=O)C(=O)N(c3ccc(C(F)(F)F)cc3)C2c2ccccc2C)cc1OC. The van der Waals surface area contributed by atoms with Crippen LogP contribution in [0.2, 0.25) is 0 Å². The first-order chi connectivity index (χ1) is 17.1. The van der Waals surface area contributed by atoms with Crippen molar-refractivity contribution in [3.8, 4) is 11.5 Å². The molecule has 9 heteroatoms. The molecule has 0 radical (unpaired) electrons. The largest absolute Gasteiger partial charge is 0.507 e. The van der Waals surface area contributed by atoms with Crippen molar-refractivity contribution in [2.75, 3.05) is 19.1 Å².